The molecule has 0 saturated heterocycles. The van der Waals surface area contributed by atoms with Gasteiger partial charge >= 0.3 is 13.8 Å². The van der Waals surface area contributed by atoms with Gasteiger partial charge in [0.2, 0.25) is 12.7 Å². The molecule has 2 aromatic heterocycles. The summed E-state index contributed by atoms with van der Waals surface area (Å²) in [6.45, 7) is 3.42. The van der Waals surface area contributed by atoms with Gasteiger partial charge in [-0.15, -0.1) is 0 Å². The molecular formula is C25H28N5O8P. The van der Waals surface area contributed by atoms with Crippen molar-refractivity contribution in [3.63, 3.8) is 0 Å². The number of carbonyl (C=O) groups excluding carboxylic acids is 1. The lowest BCUT2D eigenvalue weighted by Gasteiger charge is -2.19. The van der Waals surface area contributed by atoms with Gasteiger partial charge in [-0.25, -0.2) is 9.78 Å². The molecule has 0 aliphatic rings. The molecule has 1 unspecified atom stereocenters. The number of nitrogen functional groups attached to an aromatic ring is 1. The molecule has 0 aliphatic heterocycles. The monoisotopic (exact) mass is 557 g/mol. The minimum atomic E-state index is -3.88. The standard InChI is InChI=1S/C25H28N5O8P/c1-17-3-7-19(8-4-17)13-36-39(33,37-15-35-25(32)38-20-9-5-18(2)6-10-20)16-34-12-11-30-14-27-21-22(30)28-24(26)29-23(21)31/h3-10,14H,11-13,15-16H2,1-2H3,(H3,26,28,29,31). The zero-order valence-corrected chi connectivity index (χ0v) is 22.3. The highest BCUT2D eigenvalue weighted by molar-refractivity contribution is 7.53. The molecule has 2 aromatic carbocycles. The second-order valence-corrected chi connectivity index (χ2v) is 10.5. The molecule has 14 heteroatoms. The summed E-state index contributed by atoms with van der Waals surface area (Å²) in [5.74, 6) is 0.247. The van der Waals surface area contributed by atoms with Crippen molar-refractivity contribution in [1.29, 1.82) is 0 Å². The Balaban J connectivity index is 1.33. The number of hydrogen-bond acceptors (Lipinski definition) is 11. The number of aromatic amines is 1. The van der Waals surface area contributed by atoms with Crippen LogP contribution in [0.1, 0.15) is 16.7 Å². The van der Waals surface area contributed by atoms with Crippen molar-refractivity contribution < 1.29 is 32.6 Å². The maximum atomic E-state index is 13.4. The number of rotatable bonds is 12. The van der Waals surface area contributed by atoms with Gasteiger partial charge in [-0.1, -0.05) is 47.5 Å². The molecule has 206 valence electrons. The number of carbonyl (C=O) groups is 1. The summed E-state index contributed by atoms with van der Waals surface area (Å²) in [6.07, 6.45) is -0.0378. The number of aryl methyl sites for hydroxylation is 2. The highest BCUT2D eigenvalue weighted by Gasteiger charge is 2.27. The average Bonchev–Trinajstić information content (AvgIpc) is 3.31. The fourth-order valence-electron chi connectivity index (χ4n) is 3.33. The summed E-state index contributed by atoms with van der Waals surface area (Å²) in [4.78, 5) is 34.4. The number of ether oxygens (including phenoxy) is 3. The Morgan fingerprint density at radius 3 is 2.46 bits per heavy atom. The van der Waals surface area contributed by atoms with Crippen molar-refractivity contribution in [2.24, 2.45) is 0 Å². The lowest BCUT2D eigenvalue weighted by atomic mass is 10.2. The number of aromatic nitrogens is 4. The fraction of sp³-hybridized carbons (Fsp3) is 0.280. The number of nitrogens with zero attached hydrogens (tertiary/aromatic N) is 3. The van der Waals surface area contributed by atoms with E-state index in [2.05, 4.69) is 15.0 Å². The lowest BCUT2D eigenvalue weighted by molar-refractivity contribution is 0.0154. The molecule has 0 radical (unpaired) electrons. The number of fused-ring (bicyclic) bond motifs is 1. The number of nitrogens with two attached hydrogens (primary N) is 1. The molecule has 0 aliphatic carbocycles. The van der Waals surface area contributed by atoms with Crippen LogP contribution >= 0.6 is 7.60 Å². The van der Waals surface area contributed by atoms with Crippen molar-refractivity contribution in [3.05, 3.63) is 81.9 Å². The second kappa shape index (κ2) is 12.7. The Bertz CT molecular complexity index is 1520. The van der Waals surface area contributed by atoms with Crippen LogP contribution < -0.4 is 16.0 Å². The molecule has 0 spiro atoms. The largest absolute Gasteiger partial charge is 0.515 e. The molecule has 13 nitrogen and oxygen atoms in total. The van der Waals surface area contributed by atoms with Crippen molar-refractivity contribution >= 4 is 30.9 Å². The minimum absolute atomic E-state index is 0.0210. The van der Waals surface area contributed by atoms with Crippen LogP contribution in [0.2, 0.25) is 0 Å². The van der Waals surface area contributed by atoms with E-state index in [0.717, 1.165) is 16.7 Å². The third-order valence-electron chi connectivity index (χ3n) is 5.42. The smallest absolute Gasteiger partial charge is 0.406 e. The quantitative estimate of drug-likeness (QED) is 0.0851. The summed E-state index contributed by atoms with van der Waals surface area (Å²) in [7, 11) is -3.88. The van der Waals surface area contributed by atoms with Crippen LogP contribution in [0, 0.1) is 13.8 Å². The minimum Gasteiger partial charge on any atom is -0.406 e. The zero-order chi connectivity index (χ0) is 27.8. The van der Waals surface area contributed by atoms with Gasteiger partial charge in [0.05, 0.1) is 19.5 Å². The summed E-state index contributed by atoms with van der Waals surface area (Å²) in [5, 5.41) is 0. The van der Waals surface area contributed by atoms with Gasteiger partial charge in [0.15, 0.2) is 11.2 Å². The fourth-order valence-corrected chi connectivity index (χ4v) is 4.46. The molecule has 0 amide bonds. The van der Waals surface area contributed by atoms with E-state index < -0.39 is 32.5 Å². The molecular weight excluding hydrogens is 529 g/mol. The van der Waals surface area contributed by atoms with E-state index in [1.807, 2.05) is 38.1 Å². The summed E-state index contributed by atoms with van der Waals surface area (Å²) in [6, 6.07) is 14.2. The van der Waals surface area contributed by atoms with Crippen LogP contribution in [0.25, 0.3) is 11.2 Å². The Kier molecular flexibility index (Phi) is 9.10. The van der Waals surface area contributed by atoms with Crippen LogP contribution in [0.3, 0.4) is 0 Å². The van der Waals surface area contributed by atoms with Crippen molar-refractivity contribution in [2.75, 3.05) is 25.5 Å². The Labute approximate surface area is 223 Å². The predicted octanol–water partition coefficient (Wildman–Crippen LogP) is 3.89. The predicted molar refractivity (Wildman–Crippen MR) is 141 cm³/mol. The summed E-state index contributed by atoms with van der Waals surface area (Å²) in [5.41, 5.74) is 8.41. The number of imidazole rings is 1. The number of H-pyrrole nitrogens is 1. The van der Waals surface area contributed by atoms with Crippen LogP contribution in [0.4, 0.5) is 10.7 Å². The van der Waals surface area contributed by atoms with Gasteiger partial charge in [0, 0.05) is 6.54 Å². The van der Waals surface area contributed by atoms with Crippen LogP contribution in [0.15, 0.2) is 59.7 Å². The molecule has 1 atom stereocenters. The van der Waals surface area contributed by atoms with E-state index in [9.17, 15) is 14.2 Å². The van der Waals surface area contributed by atoms with Crippen LogP contribution in [-0.2, 0) is 36.2 Å². The maximum Gasteiger partial charge on any atom is 0.515 e. The molecule has 2 heterocycles. The van der Waals surface area contributed by atoms with Crippen molar-refractivity contribution in [2.45, 2.75) is 27.0 Å². The number of benzene rings is 2. The second-order valence-electron chi connectivity index (χ2n) is 8.53. The first-order valence-corrected chi connectivity index (χ1v) is 13.6. The van der Waals surface area contributed by atoms with E-state index in [1.54, 1.807) is 28.8 Å². The van der Waals surface area contributed by atoms with Crippen LogP contribution in [0.5, 0.6) is 5.75 Å². The number of anilines is 1. The molecule has 4 aromatic rings. The lowest BCUT2D eigenvalue weighted by Crippen LogP contribution is -2.15. The summed E-state index contributed by atoms with van der Waals surface area (Å²) >= 11 is 0. The maximum absolute atomic E-state index is 13.4. The Morgan fingerprint density at radius 1 is 1.05 bits per heavy atom. The number of nitrogens with one attached hydrogen (secondary N) is 1. The van der Waals surface area contributed by atoms with Crippen molar-refractivity contribution in [1.82, 2.24) is 19.5 Å². The van der Waals surface area contributed by atoms with Gasteiger partial charge in [0.25, 0.3) is 5.56 Å². The van der Waals surface area contributed by atoms with Gasteiger partial charge < -0.3 is 29.0 Å². The van der Waals surface area contributed by atoms with Crippen molar-refractivity contribution in [3.8, 4) is 5.75 Å². The molecule has 0 fully saturated rings. The molecule has 3 N–H and O–H groups in total. The van der Waals surface area contributed by atoms with Gasteiger partial charge in [0.1, 0.15) is 12.1 Å². The zero-order valence-electron chi connectivity index (χ0n) is 21.4. The third kappa shape index (κ3) is 7.98. The molecule has 4 rings (SSSR count). The highest BCUT2D eigenvalue weighted by Crippen LogP contribution is 2.49. The van der Waals surface area contributed by atoms with Crippen LogP contribution in [-0.4, -0.2) is 45.4 Å². The molecule has 0 saturated carbocycles. The molecule has 0 bridgehead atoms. The SMILES string of the molecule is Cc1ccc(COP(=O)(COCCn2cnc3c(=O)[nH]c(N)nc32)OCOC(=O)Oc2ccc(C)cc2)cc1. The normalized spacial score (nSPS) is 12.8. The Morgan fingerprint density at radius 2 is 1.74 bits per heavy atom. The Hall–Kier alpha value is -4.03. The first-order chi connectivity index (χ1) is 18.7. The van der Waals surface area contributed by atoms with E-state index in [1.165, 1.54) is 6.33 Å². The van der Waals surface area contributed by atoms with Gasteiger partial charge in [-0.05, 0) is 31.5 Å². The van der Waals surface area contributed by atoms with E-state index >= 15 is 0 Å². The average molecular weight is 558 g/mol. The first-order valence-electron chi connectivity index (χ1n) is 11.8. The first kappa shape index (κ1) is 28.0. The van der Waals surface area contributed by atoms with E-state index in [-0.39, 0.29) is 42.6 Å². The van der Waals surface area contributed by atoms with Gasteiger partial charge in [-0.3, -0.25) is 18.9 Å². The number of hydrogen-bond donors (Lipinski definition) is 2. The topological polar surface area (TPSA) is 170 Å². The highest BCUT2D eigenvalue weighted by atomic mass is 31.2. The van der Waals surface area contributed by atoms with E-state index in [0.29, 0.717) is 0 Å². The molecule has 39 heavy (non-hydrogen) atoms. The van der Waals surface area contributed by atoms with E-state index in [4.69, 9.17) is 29.0 Å². The summed E-state index contributed by atoms with van der Waals surface area (Å²) < 4.78 is 41.5. The van der Waals surface area contributed by atoms with Gasteiger partial charge in [-0.2, -0.15) is 4.98 Å². The third-order valence-corrected chi connectivity index (χ3v) is 6.94.